The average Bonchev–Trinajstić information content (AvgIpc) is 2.86. The first-order valence-electron chi connectivity index (χ1n) is 11.9. The van der Waals surface area contributed by atoms with Gasteiger partial charge in [-0.2, -0.15) is 22.0 Å². The number of esters is 1. The van der Waals surface area contributed by atoms with Crippen molar-refractivity contribution in [2.24, 2.45) is 0 Å². The first kappa shape index (κ1) is 29.3. The molecule has 0 saturated carbocycles. The molecule has 3 rings (SSSR count). The van der Waals surface area contributed by atoms with Gasteiger partial charge < -0.3 is 25.7 Å². The molecule has 39 heavy (non-hydrogen) atoms. The molecule has 0 fully saturated rings. The average molecular weight is 551 g/mol. The molecule has 0 aliphatic carbocycles. The van der Waals surface area contributed by atoms with Gasteiger partial charge in [-0.15, -0.1) is 0 Å². The van der Waals surface area contributed by atoms with Crippen LogP contribution in [0.2, 0.25) is 0 Å². The Hall–Kier alpha value is -4.28. The van der Waals surface area contributed by atoms with E-state index in [2.05, 4.69) is 0 Å². The van der Waals surface area contributed by atoms with Crippen molar-refractivity contribution in [2.75, 3.05) is 24.7 Å². The fraction of sp³-hybridized carbons (Fsp3) is 0.250. The van der Waals surface area contributed by atoms with Crippen LogP contribution in [0.3, 0.4) is 0 Å². The largest absolute Gasteiger partial charge is 0.488 e. The number of halogens is 5. The van der Waals surface area contributed by atoms with Gasteiger partial charge in [-0.1, -0.05) is 24.3 Å². The van der Waals surface area contributed by atoms with Crippen LogP contribution in [0.25, 0.3) is 6.08 Å². The fourth-order valence-corrected chi connectivity index (χ4v) is 3.42. The first-order chi connectivity index (χ1) is 18.4. The molecule has 0 amide bonds. The maximum atomic E-state index is 14.6. The molecular formula is C28H27F5N2O4. The van der Waals surface area contributed by atoms with Gasteiger partial charge in [0, 0.05) is 18.2 Å². The molecule has 0 aromatic heterocycles. The predicted octanol–water partition coefficient (Wildman–Crippen LogP) is 6.50. The maximum Gasteiger partial charge on any atom is 0.426 e. The Bertz CT molecular complexity index is 1260. The molecule has 3 aromatic rings. The number of nitrogens with two attached hydrogens (primary N) is 2. The quantitative estimate of drug-likeness (QED) is 0.0879. The molecular weight excluding hydrogens is 523 g/mol. The number of carbonyl (C=O) groups excluding carboxylic acids is 1. The van der Waals surface area contributed by atoms with Crippen LogP contribution in [0.15, 0.2) is 72.8 Å². The zero-order chi connectivity index (χ0) is 28.5. The normalized spacial score (nSPS) is 11.9. The van der Waals surface area contributed by atoms with Crippen molar-refractivity contribution >= 4 is 23.4 Å². The Kier molecular flexibility index (Phi) is 9.75. The molecule has 0 atom stereocenters. The molecule has 0 saturated heterocycles. The van der Waals surface area contributed by atoms with Gasteiger partial charge in [-0.25, -0.2) is 4.79 Å². The van der Waals surface area contributed by atoms with E-state index < -0.39 is 30.2 Å². The highest BCUT2D eigenvalue weighted by atomic mass is 19.4. The van der Waals surface area contributed by atoms with E-state index in [0.29, 0.717) is 28.3 Å². The zero-order valence-electron chi connectivity index (χ0n) is 20.7. The summed E-state index contributed by atoms with van der Waals surface area (Å²) in [7, 11) is 0. The standard InChI is InChI=1S/C28H27F5N2O4/c29-27(30,31)15-1-2-19-3-8-21(9-4-19)28(32,33)39-23-11-5-20(6-12-23)7-14-26(36)38-17-16-37-25-13-10-22(34)18-24(25)35/h3-14,18H,1-2,15-17,34-35H2/b14-7+. The van der Waals surface area contributed by atoms with Crippen molar-refractivity contribution in [1.29, 1.82) is 0 Å². The number of alkyl halides is 5. The van der Waals surface area contributed by atoms with E-state index >= 15 is 0 Å². The van der Waals surface area contributed by atoms with Crippen molar-refractivity contribution < 1.29 is 41.0 Å². The van der Waals surface area contributed by atoms with E-state index in [1.54, 1.807) is 18.2 Å². The molecule has 0 aliphatic rings. The molecule has 0 aliphatic heterocycles. The van der Waals surface area contributed by atoms with Crippen LogP contribution in [0.1, 0.15) is 29.5 Å². The van der Waals surface area contributed by atoms with Crippen LogP contribution >= 0.6 is 0 Å². The number of nitrogen functional groups attached to an aromatic ring is 2. The molecule has 11 heteroatoms. The van der Waals surface area contributed by atoms with E-state index in [-0.39, 0.29) is 31.8 Å². The van der Waals surface area contributed by atoms with E-state index in [4.69, 9.17) is 25.7 Å². The third-order valence-corrected chi connectivity index (χ3v) is 5.37. The number of rotatable bonds is 12. The summed E-state index contributed by atoms with van der Waals surface area (Å²) in [5, 5.41) is 0. The van der Waals surface area contributed by atoms with Crippen molar-refractivity contribution in [3.63, 3.8) is 0 Å². The summed E-state index contributed by atoms with van der Waals surface area (Å²) in [4.78, 5) is 11.9. The Morgan fingerprint density at radius 2 is 1.56 bits per heavy atom. The van der Waals surface area contributed by atoms with Crippen LogP contribution in [0, 0.1) is 0 Å². The van der Waals surface area contributed by atoms with Crippen LogP contribution in [-0.2, 0) is 22.1 Å². The molecule has 3 aromatic carbocycles. The van der Waals surface area contributed by atoms with Gasteiger partial charge in [0.15, 0.2) is 0 Å². The SMILES string of the molecule is Nc1ccc(OCCOC(=O)/C=C/c2ccc(OC(F)(F)c3ccc(CCCC(F)(F)F)cc3)cc2)c(N)c1. The first-order valence-corrected chi connectivity index (χ1v) is 11.9. The highest BCUT2D eigenvalue weighted by Crippen LogP contribution is 2.32. The molecule has 4 N–H and O–H groups in total. The summed E-state index contributed by atoms with van der Waals surface area (Å²) in [6, 6.07) is 15.3. The minimum absolute atomic E-state index is 0.0244. The summed E-state index contributed by atoms with van der Waals surface area (Å²) in [6.45, 7) is 0.0537. The highest BCUT2D eigenvalue weighted by molar-refractivity contribution is 5.87. The van der Waals surface area contributed by atoms with E-state index in [1.165, 1.54) is 48.6 Å². The summed E-state index contributed by atoms with van der Waals surface area (Å²) in [5.74, 6) is -0.328. The Morgan fingerprint density at radius 1 is 0.872 bits per heavy atom. The molecule has 0 unspecified atom stereocenters. The molecule has 0 radical (unpaired) electrons. The lowest BCUT2D eigenvalue weighted by molar-refractivity contribution is -0.185. The summed E-state index contributed by atoms with van der Waals surface area (Å²) >= 11 is 0. The predicted molar refractivity (Wildman–Crippen MR) is 137 cm³/mol. The van der Waals surface area contributed by atoms with Crippen molar-refractivity contribution in [2.45, 2.75) is 31.5 Å². The lowest BCUT2D eigenvalue weighted by Gasteiger charge is -2.18. The Labute approximate surface area is 222 Å². The monoisotopic (exact) mass is 550 g/mol. The number of anilines is 2. The van der Waals surface area contributed by atoms with Gasteiger partial charge in [-0.05, 0) is 72.5 Å². The molecule has 0 spiro atoms. The van der Waals surface area contributed by atoms with Crippen LogP contribution in [0.4, 0.5) is 33.3 Å². The van der Waals surface area contributed by atoms with E-state index in [9.17, 15) is 26.7 Å². The smallest absolute Gasteiger partial charge is 0.426 e. The minimum atomic E-state index is -4.25. The van der Waals surface area contributed by atoms with Gasteiger partial charge in [0.1, 0.15) is 24.7 Å². The lowest BCUT2D eigenvalue weighted by Crippen LogP contribution is -2.21. The van der Waals surface area contributed by atoms with Gasteiger partial charge >= 0.3 is 18.3 Å². The van der Waals surface area contributed by atoms with Crippen molar-refractivity contribution in [1.82, 2.24) is 0 Å². The lowest BCUT2D eigenvalue weighted by atomic mass is 10.1. The van der Waals surface area contributed by atoms with Crippen molar-refractivity contribution in [3.05, 3.63) is 89.5 Å². The topological polar surface area (TPSA) is 96.8 Å². The number of benzene rings is 3. The Balaban J connectivity index is 1.44. The van der Waals surface area contributed by atoms with Crippen LogP contribution in [0.5, 0.6) is 11.5 Å². The number of aryl methyl sites for hydroxylation is 1. The molecule has 208 valence electrons. The Morgan fingerprint density at radius 3 is 2.21 bits per heavy atom. The number of carbonyl (C=O) groups is 1. The van der Waals surface area contributed by atoms with Crippen LogP contribution in [-0.4, -0.2) is 25.4 Å². The third kappa shape index (κ3) is 9.84. The van der Waals surface area contributed by atoms with E-state index in [1.807, 2.05) is 0 Å². The number of ether oxygens (including phenoxy) is 3. The second-order valence-electron chi connectivity index (χ2n) is 8.50. The second-order valence-corrected chi connectivity index (χ2v) is 8.50. The molecule has 6 nitrogen and oxygen atoms in total. The number of hydrogen-bond acceptors (Lipinski definition) is 6. The fourth-order valence-electron chi connectivity index (χ4n) is 3.42. The van der Waals surface area contributed by atoms with E-state index in [0.717, 1.165) is 12.1 Å². The zero-order valence-corrected chi connectivity index (χ0v) is 20.7. The number of hydrogen-bond donors (Lipinski definition) is 2. The van der Waals surface area contributed by atoms with Gasteiger partial charge in [0.2, 0.25) is 0 Å². The molecule has 0 heterocycles. The van der Waals surface area contributed by atoms with Gasteiger partial charge in [0.25, 0.3) is 0 Å². The highest BCUT2D eigenvalue weighted by Gasteiger charge is 2.34. The van der Waals surface area contributed by atoms with Gasteiger partial charge in [0.05, 0.1) is 11.3 Å². The molecule has 0 bridgehead atoms. The summed E-state index contributed by atoms with van der Waals surface area (Å²) in [5.41, 5.74) is 12.9. The summed E-state index contributed by atoms with van der Waals surface area (Å²) < 4.78 is 81.2. The second kappa shape index (κ2) is 13.0. The maximum absolute atomic E-state index is 14.6. The minimum Gasteiger partial charge on any atom is -0.488 e. The summed E-state index contributed by atoms with van der Waals surface area (Å²) in [6.07, 6.45) is -6.22. The third-order valence-electron chi connectivity index (χ3n) is 5.37. The van der Waals surface area contributed by atoms with Gasteiger partial charge in [-0.3, -0.25) is 0 Å². The van der Waals surface area contributed by atoms with Crippen molar-refractivity contribution in [3.8, 4) is 11.5 Å². The van der Waals surface area contributed by atoms with Crippen LogP contribution < -0.4 is 20.9 Å².